The van der Waals surface area contributed by atoms with E-state index in [9.17, 15) is 0 Å². The number of aromatic nitrogens is 1. The third-order valence-corrected chi connectivity index (χ3v) is 3.61. The molecule has 2 aromatic rings. The molecule has 1 heterocycles. The Hall–Kier alpha value is -1.07. The van der Waals surface area contributed by atoms with E-state index >= 15 is 0 Å². The molecule has 88 valence electrons. The molecule has 0 radical (unpaired) electrons. The van der Waals surface area contributed by atoms with Crippen molar-refractivity contribution in [3.8, 4) is 0 Å². The molecule has 1 aromatic heterocycles. The molecule has 0 spiro atoms. The van der Waals surface area contributed by atoms with Crippen molar-refractivity contribution in [2.45, 2.75) is 6.92 Å². The molecular weight excluding hydrogens is 346 g/mol. The van der Waals surface area contributed by atoms with Gasteiger partial charge in [0.15, 0.2) is 5.82 Å². The van der Waals surface area contributed by atoms with Crippen molar-refractivity contribution in [3.63, 3.8) is 0 Å². The summed E-state index contributed by atoms with van der Waals surface area (Å²) >= 11 is 6.82. The van der Waals surface area contributed by atoms with E-state index in [-0.39, 0.29) is 0 Å². The van der Waals surface area contributed by atoms with Gasteiger partial charge in [0.2, 0.25) is 0 Å². The first-order valence-corrected chi connectivity index (χ1v) is 6.59. The van der Waals surface area contributed by atoms with Gasteiger partial charge in [0, 0.05) is 20.8 Å². The molecule has 3 N–H and O–H groups in total. The van der Waals surface area contributed by atoms with E-state index in [0.717, 1.165) is 14.6 Å². The van der Waals surface area contributed by atoms with Crippen LogP contribution in [0.5, 0.6) is 0 Å². The molecule has 0 amide bonds. The minimum atomic E-state index is 0.607. The van der Waals surface area contributed by atoms with Crippen molar-refractivity contribution < 1.29 is 0 Å². The lowest BCUT2D eigenvalue weighted by Gasteiger charge is -2.09. The number of anilines is 3. The highest BCUT2D eigenvalue weighted by Crippen LogP contribution is 2.26. The first-order chi connectivity index (χ1) is 8.06. The number of benzene rings is 1. The molecule has 17 heavy (non-hydrogen) atoms. The number of nitrogen functional groups attached to an aromatic ring is 1. The van der Waals surface area contributed by atoms with Crippen LogP contribution in [0.4, 0.5) is 17.2 Å². The summed E-state index contributed by atoms with van der Waals surface area (Å²) in [5.74, 6) is 0.656. The van der Waals surface area contributed by atoms with Gasteiger partial charge in [-0.15, -0.1) is 0 Å². The first kappa shape index (κ1) is 12.4. The summed E-state index contributed by atoms with van der Waals surface area (Å²) in [6, 6.07) is 7.84. The van der Waals surface area contributed by atoms with E-state index in [1.807, 2.05) is 31.2 Å². The lowest BCUT2D eigenvalue weighted by molar-refractivity contribution is 1.29. The second kappa shape index (κ2) is 5.06. The summed E-state index contributed by atoms with van der Waals surface area (Å²) in [6.45, 7) is 2.04. The highest BCUT2D eigenvalue weighted by molar-refractivity contribution is 9.10. The molecule has 0 aliphatic heterocycles. The normalized spacial score (nSPS) is 10.3. The molecule has 0 aliphatic rings. The Balaban J connectivity index is 2.28. The predicted octanol–water partition coefficient (Wildman–Crippen LogP) is 4.24. The van der Waals surface area contributed by atoms with Crippen molar-refractivity contribution in [1.29, 1.82) is 0 Å². The highest BCUT2D eigenvalue weighted by atomic mass is 79.9. The van der Waals surface area contributed by atoms with Crippen molar-refractivity contribution in [1.82, 2.24) is 4.98 Å². The fourth-order valence-electron chi connectivity index (χ4n) is 1.37. The number of pyridine rings is 1. The zero-order chi connectivity index (χ0) is 12.4. The number of hydrogen-bond donors (Lipinski definition) is 2. The Bertz CT molecular complexity index is 555. The quantitative estimate of drug-likeness (QED) is 0.846. The van der Waals surface area contributed by atoms with Crippen LogP contribution in [0.1, 0.15) is 5.56 Å². The Kier molecular flexibility index (Phi) is 3.69. The van der Waals surface area contributed by atoms with Gasteiger partial charge >= 0.3 is 0 Å². The zero-order valence-corrected chi connectivity index (χ0v) is 12.3. The lowest BCUT2D eigenvalue weighted by atomic mass is 10.2. The van der Waals surface area contributed by atoms with E-state index < -0.39 is 0 Å². The molecular formula is C12H11Br2N3. The maximum absolute atomic E-state index is 5.87. The largest absolute Gasteiger partial charge is 0.396 e. The SMILES string of the molecule is Cc1ccc(Nc2ncc(Br)cc2N)cc1Br. The molecule has 0 saturated heterocycles. The van der Waals surface area contributed by atoms with Crippen molar-refractivity contribution in [2.24, 2.45) is 0 Å². The minimum Gasteiger partial charge on any atom is -0.396 e. The van der Waals surface area contributed by atoms with Gasteiger partial charge in [-0.25, -0.2) is 4.98 Å². The van der Waals surface area contributed by atoms with Crippen LogP contribution in [0.25, 0.3) is 0 Å². The smallest absolute Gasteiger partial charge is 0.153 e. The third-order valence-electron chi connectivity index (χ3n) is 2.32. The predicted molar refractivity (Wildman–Crippen MR) is 78.5 cm³/mol. The monoisotopic (exact) mass is 355 g/mol. The van der Waals surface area contributed by atoms with E-state index in [0.29, 0.717) is 11.5 Å². The standard InChI is InChI=1S/C12H11Br2N3/c1-7-2-3-9(5-10(7)14)17-12-11(15)4-8(13)6-16-12/h2-6H,15H2,1H3,(H,16,17). The van der Waals surface area contributed by atoms with Crippen LogP contribution in [0.15, 0.2) is 39.4 Å². The summed E-state index contributed by atoms with van der Waals surface area (Å²) in [5.41, 5.74) is 8.61. The van der Waals surface area contributed by atoms with Crippen LogP contribution in [-0.2, 0) is 0 Å². The first-order valence-electron chi connectivity index (χ1n) is 5.00. The second-order valence-corrected chi connectivity index (χ2v) is 5.45. The van der Waals surface area contributed by atoms with E-state index in [4.69, 9.17) is 5.73 Å². The summed E-state index contributed by atoms with van der Waals surface area (Å²) in [5, 5.41) is 3.18. The fourth-order valence-corrected chi connectivity index (χ4v) is 2.09. The molecule has 2 rings (SSSR count). The van der Waals surface area contributed by atoms with Crippen molar-refractivity contribution >= 4 is 49.1 Å². The average molecular weight is 357 g/mol. The Morgan fingerprint density at radius 3 is 2.65 bits per heavy atom. The van der Waals surface area contributed by atoms with Gasteiger partial charge in [-0.1, -0.05) is 22.0 Å². The molecule has 5 heteroatoms. The van der Waals surface area contributed by atoms with Crippen LogP contribution >= 0.6 is 31.9 Å². The Labute approximate surface area is 117 Å². The molecule has 0 saturated carbocycles. The summed E-state index contributed by atoms with van der Waals surface area (Å²) in [7, 11) is 0. The number of hydrogen-bond acceptors (Lipinski definition) is 3. The van der Waals surface area contributed by atoms with Gasteiger partial charge in [0.1, 0.15) is 0 Å². The number of nitrogens with one attached hydrogen (secondary N) is 1. The molecule has 0 unspecified atom stereocenters. The number of nitrogens with two attached hydrogens (primary N) is 1. The van der Waals surface area contributed by atoms with E-state index in [1.54, 1.807) is 6.20 Å². The number of halogens is 2. The minimum absolute atomic E-state index is 0.607. The molecule has 0 atom stereocenters. The molecule has 0 fully saturated rings. The molecule has 1 aromatic carbocycles. The number of rotatable bonds is 2. The van der Waals surface area contributed by atoms with E-state index in [2.05, 4.69) is 42.2 Å². The van der Waals surface area contributed by atoms with Crippen LogP contribution in [-0.4, -0.2) is 4.98 Å². The Morgan fingerprint density at radius 1 is 1.24 bits per heavy atom. The fraction of sp³-hybridized carbons (Fsp3) is 0.0833. The zero-order valence-electron chi connectivity index (χ0n) is 9.17. The number of nitrogens with zero attached hydrogens (tertiary/aromatic N) is 1. The van der Waals surface area contributed by atoms with Crippen LogP contribution in [0.2, 0.25) is 0 Å². The molecule has 3 nitrogen and oxygen atoms in total. The Morgan fingerprint density at radius 2 is 2.00 bits per heavy atom. The summed E-state index contributed by atoms with van der Waals surface area (Å²) < 4.78 is 1.92. The maximum atomic E-state index is 5.87. The second-order valence-electron chi connectivity index (χ2n) is 3.68. The van der Waals surface area contributed by atoms with Gasteiger partial charge in [-0.05, 0) is 46.6 Å². The number of aryl methyl sites for hydroxylation is 1. The maximum Gasteiger partial charge on any atom is 0.153 e. The van der Waals surface area contributed by atoms with Gasteiger partial charge in [0.25, 0.3) is 0 Å². The summed E-state index contributed by atoms with van der Waals surface area (Å²) in [4.78, 5) is 4.23. The van der Waals surface area contributed by atoms with Gasteiger partial charge < -0.3 is 11.1 Å². The van der Waals surface area contributed by atoms with Gasteiger partial charge in [-0.2, -0.15) is 0 Å². The molecule has 0 aliphatic carbocycles. The van der Waals surface area contributed by atoms with Crippen LogP contribution < -0.4 is 11.1 Å². The third kappa shape index (κ3) is 2.98. The van der Waals surface area contributed by atoms with Crippen LogP contribution in [0.3, 0.4) is 0 Å². The van der Waals surface area contributed by atoms with E-state index in [1.165, 1.54) is 5.56 Å². The van der Waals surface area contributed by atoms with Crippen molar-refractivity contribution in [3.05, 3.63) is 45.0 Å². The lowest BCUT2D eigenvalue weighted by Crippen LogP contribution is -1.99. The molecule has 0 bridgehead atoms. The van der Waals surface area contributed by atoms with Crippen LogP contribution in [0, 0.1) is 6.92 Å². The van der Waals surface area contributed by atoms with Gasteiger partial charge in [-0.3, -0.25) is 0 Å². The van der Waals surface area contributed by atoms with Gasteiger partial charge in [0.05, 0.1) is 5.69 Å². The summed E-state index contributed by atoms with van der Waals surface area (Å²) in [6.07, 6.45) is 1.71. The highest BCUT2D eigenvalue weighted by Gasteiger charge is 2.03. The van der Waals surface area contributed by atoms with Crippen molar-refractivity contribution in [2.75, 3.05) is 11.1 Å². The topological polar surface area (TPSA) is 50.9 Å². The average Bonchev–Trinajstić information content (AvgIpc) is 2.27.